The SMILES string of the molecule is Cc1ccc(Cl)c2sc(N(Cc3cccnc3)C(=O)CCCS(=O)(=O)c3ccccc3)nc12. The molecular weight excluding hydrogens is 478 g/mol. The van der Waals surface area contributed by atoms with Crippen LogP contribution in [0.25, 0.3) is 10.2 Å². The van der Waals surface area contributed by atoms with Gasteiger partial charge in [-0.05, 0) is 48.7 Å². The number of aromatic nitrogens is 2. The summed E-state index contributed by atoms with van der Waals surface area (Å²) in [5.74, 6) is -0.302. The first-order valence-electron chi connectivity index (χ1n) is 10.4. The first-order valence-corrected chi connectivity index (χ1v) is 13.2. The van der Waals surface area contributed by atoms with E-state index in [1.165, 1.54) is 11.3 Å². The number of hydrogen-bond acceptors (Lipinski definition) is 6. The number of halogens is 1. The molecule has 9 heteroatoms. The van der Waals surface area contributed by atoms with Gasteiger partial charge in [-0.1, -0.05) is 53.3 Å². The molecule has 2 heterocycles. The molecule has 4 rings (SSSR count). The molecule has 0 fully saturated rings. The molecular formula is C24H22ClN3O3S2. The van der Waals surface area contributed by atoms with Crippen molar-refractivity contribution >= 4 is 54.0 Å². The van der Waals surface area contributed by atoms with Crippen molar-refractivity contribution in [3.05, 3.63) is 83.1 Å². The van der Waals surface area contributed by atoms with E-state index in [-0.39, 0.29) is 35.9 Å². The van der Waals surface area contributed by atoms with Crippen LogP contribution in [0.5, 0.6) is 0 Å². The average molecular weight is 500 g/mol. The summed E-state index contributed by atoms with van der Waals surface area (Å²) in [7, 11) is -3.45. The highest BCUT2D eigenvalue weighted by molar-refractivity contribution is 7.91. The second-order valence-corrected chi connectivity index (χ2v) is 11.1. The van der Waals surface area contributed by atoms with Crippen LogP contribution >= 0.6 is 22.9 Å². The monoisotopic (exact) mass is 499 g/mol. The molecule has 33 heavy (non-hydrogen) atoms. The second kappa shape index (κ2) is 9.99. The van der Waals surface area contributed by atoms with Crippen molar-refractivity contribution in [3.8, 4) is 0 Å². The number of carbonyl (C=O) groups is 1. The molecule has 0 N–H and O–H groups in total. The third-order valence-electron chi connectivity index (χ3n) is 5.19. The number of hydrogen-bond donors (Lipinski definition) is 0. The Labute approximate surface area is 201 Å². The molecule has 0 aliphatic carbocycles. The Hall–Kier alpha value is -2.81. The van der Waals surface area contributed by atoms with Crippen molar-refractivity contribution in [3.63, 3.8) is 0 Å². The number of benzene rings is 2. The highest BCUT2D eigenvalue weighted by atomic mass is 35.5. The van der Waals surface area contributed by atoms with Gasteiger partial charge in [0.15, 0.2) is 15.0 Å². The fourth-order valence-electron chi connectivity index (χ4n) is 3.44. The van der Waals surface area contributed by atoms with Crippen molar-refractivity contribution in [1.29, 1.82) is 0 Å². The molecule has 0 saturated heterocycles. The first kappa shape index (κ1) is 23.4. The van der Waals surface area contributed by atoms with E-state index in [1.807, 2.05) is 31.2 Å². The van der Waals surface area contributed by atoms with E-state index in [0.29, 0.717) is 10.2 Å². The highest BCUT2D eigenvalue weighted by Crippen LogP contribution is 2.36. The summed E-state index contributed by atoms with van der Waals surface area (Å²) in [6, 6.07) is 15.7. The number of pyridine rings is 1. The predicted molar refractivity (Wildman–Crippen MR) is 133 cm³/mol. The lowest BCUT2D eigenvalue weighted by Gasteiger charge is -2.20. The number of sulfone groups is 1. The number of carbonyl (C=O) groups excluding carboxylic acids is 1. The van der Waals surface area contributed by atoms with Gasteiger partial charge in [-0.2, -0.15) is 0 Å². The van der Waals surface area contributed by atoms with Gasteiger partial charge in [0.05, 0.1) is 32.4 Å². The standard InChI is InChI=1S/C24H22ClN3O3S2/c1-17-11-12-20(25)23-22(17)27-24(32-23)28(16-18-7-5-13-26-15-18)21(29)10-6-14-33(30,31)19-8-3-2-4-9-19/h2-5,7-9,11-13,15H,6,10,14,16H2,1H3. The smallest absolute Gasteiger partial charge is 0.229 e. The molecule has 6 nitrogen and oxygen atoms in total. The van der Waals surface area contributed by atoms with Crippen molar-refractivity contribution in [2.45, 2.75) is 31.2 Å². The fourth-order valence-corrected chi connectivity index (χ4v) is 6.10. The molecule has 0 aliphatic heterocycles. The summed E-state index contributed by atoms with van der Waals surface area (Å²) in [6.07, 6.45) is 3.66. The number of anilines is 1. The van der Waals surface area contributed by atoms with Crippen LogP contribution < -0.4 is 4.90 Å². The number of fused-ring (bicyclic) bond motifs is 1. The van der Waals surface area contributed by atoms with Crippen molar-refractivity contribution in [2.75, 3.05) is 10.7 Å². The van der Waals surface area contributed by atoms with Gasteiger partial charge in [0, 0.05) is 18.8 Å². The maximum absolute atomic E-state index is 13.3. The molecule has 2 aromatic carbocycles. The Balaban J connectivity index is 1.57. The van der Waals surface area contributed by atoms with Crippen molar-refractivity contribution < 1.29 is 13.2 Å². The Morgan fingerprint density at radius 2 is 1.88 bits per heavy atom. The number of nitrogens with zero attached hydrogens (tertiary/aromatic N) is 3. The Morgan fingerprint density at radius 3 is 2.58 bits per heavy atom. The van der Waals surface area contributed by atoms with Crippen LogP contribution in [0.1, 0.15) is 24.0 Å². The maximum atomic E-state index is 13.3. The number of thiazole rings is 1. The highest BCUT2D eigenvalue weighted by Gasteiger charge is 2.23. The van der Waals surface area contributed by atoms with Gasteiger partial charge < -0.3 is 0 Å². The van der Waals surface area contributed by atoms with Gasteiger partial charge in [-0.3, -0.25) is 14.7 Å². The van der Waals surface area contributed by atoms with E-state index in [0.717, 1.165) is 21.3 Å². The normalized spacial score (nSPS) is 11.6. The van der Waals surface area contributed by atoms with Crippen LogP contribution in [0.4, 0.5) is 5.13 Å². The third-order valence-corrected chi connectivity index (χ3v) is 8.54. The zero-order valence-electron chi connectivity index (χ0n) is 17.9. The lowest BCUT2D eigenvalue weighted by Crippen LogP contribution is -2.30. The zero-order chi connectivity index (χ0) is 23.4. The Bertz CT molecular complexity index is 1340. The minimum absolute atomic E-state index is 0.0783. The molecule has 0 unspecified atom stereocenters. The minimum atomic E-state index is -3.45. The summed E-state index contributed by atoms with van der Waals surface area (Å²) in [5, 5.41) is 1.11. The van der Waals surface area contributed by atoms with Crippen LogP contribution in [0.2, 0.25) is 5.02 Å². The number of rotatable bonds is 8. The van der Waals surface area contributed by atoms with Gasteiger partial charge >= 0.3 is 0 Å². The minimum Gasteiger partial charge on any atom is -0.284 e. The van der Waals surface area contributed by atoms with Gasteiger partial charge in [-0.15, -0.1) is 0 Å². The zero-order valence-corrected chi connectivity index (χ0v) is 20.3. The van der Waals surface area contributed by atoms with E-state index in [9.17, 15) is 13.2 Å². The summed E-state index contributed by atoms with van der Waals surface area (Å²) in [4.78, 5) is 23.9. The van der Waals surface area contributed by atoms with Crippen molar-refractivity contribution in [2.24, 2.45) is 0 Å². The average Bonchev–Trinajstić information content (AvgIpc) is 3.27. The summed E-state index contributed by atoms with van der Waals surface area (Å²) in [5.41, 5.74) is 2.59. The van der Waals surface area contributed by atoms with Crippen LogP contribution in [0.3, 0.4) is 0 Å². The molecule has 0 atom stereocenters. The summed E-state index contributed by atoms with van der Waals surface area (Å²) >= 11 is 7.72. The van der Waals surface area contributed by atoms with E-state index in [1.54, 1.807) is 47.6 Å². The second-order valence-electron chi connectivity index (χ2n) is 7.62. The molecule has 0 radical (unpaired) electrons. The molecule has 0 spiro atoms. The summed E-state index contributed by atoms with van der Waals surface area (Å²) < 4.78 is 26.0. The Kier molecular flexibility index (Phi) is 7.07. The molecule has 0 bridgehead atoms. The van der Waals surface area contributed by atoms with E-state index in [4.69, 9.17) is 16.6 Å². The van der Waals surface area contributed by atoms with Crippen LogP contribution in [-0.2, 0) is 21.2 Å². The van der Waals surface area contributed by atoms with Gasteiger partial charge in [0.1, 0.15) is 0 Å². The molecule has 4 aromatic rings. The van der Waals surface area contributed by atoms with Gasteiger partial charge in [0.2, 0.25) is 5.91 Å². The predicted octanol–water partition coefficient (Wildman–Crippen LogP) is 5.44. The van der Waals surface area contributed by atoms with Crippen LogP contribution in [-0.4, -0.2) is 30.0 Å². The molecule has 1 amide bonds. The molecule has 0 aliphatic rings. The van der Waals surface area contributed by atoms with Crippen molar-refractivity contribution in [1.82, 2.24) is 9.97 Å². The lowest BCUT2D eigenvalue weighted by atomic mass is 10.2. The Morgan fingerprint density at radius 1 is 1.09 bits per heavy atom. The first-order chi connectivity index (χ1) is 15.8. The van der Waals surface area contributed by atoms with Crippen LogP contribution in [0, 0.1) is 6.92 Å². The maximum Gasteiger partial charge on any atom is 0.229 e. The number of aryl methyl sites for hydroxylation is 1. The quantitative estimate of drug-likeness (QED) is 0.322. The van der Waals surface area contributed by atoms with Crippen LogP contribution in [0.15, 0.2) is 71.9 Å². The lowest BCUT2D eigenvalue weighted by molar-refractivity contribution is -0.118. The fraction of sp³-hybridized carbons (Fsp3) is 0.208. The topological polar surface area (TPSA) is 80.2 Å². The van der Waals surface area contributed by atoms with E-state index >= 15 is 0 Å². The largest absolute Gasteiger partial charge is 0.284 e. The molecule has 0 saturated carbocycles. The number of amides is 1. The third kappa shape index (κ3) is 5.40. The summed E-state index contributed by atoms with van der Waals surface area (Å²) in [6.45, 7) is 2.23. The van der Waals surface area contributed by atoms with Gasteiger partial charge in [0.25, 0.3) is 0 Å². The molecule has 170 valence electrons. The molecule has 2 aromatic heterocycles. The van der Waals surface area contributed by atoms with E-state index in [2.05, 4.69) is 4.98 Å². The van der Waals surface area contributed by atoms with E-state index < -0.39 is 9.84 Å². The van der Waals surface area contributed by atoms with Gasteiger partial charge in [-0.25, -0.2) is 13.4 Å².